The zero-order chi connectivity index (χ0) is 13.3. The second-order valence-electron chi connectivity index (χ2n) is 6.59. The molecule has 0 saturated heterocycles. The first kappa shape index (κ1) is 17.0. The van der Waals surface area contributed by atoms with Crippen LogP contribution in [0.1, 0.15) is 86.5 Å². The van der Waals surface area contributed by atoms with Gasteiger partial charge in [0.05, 0.1) is 0 Å². The Hall–Kier alpha value is 0. The summed E-state index contributed by atoms with van der Waals surface area (Å²) in [7, 11) is 0. The van der Waals surface area contributed by atoms with E-state index in [9.17, 15) is 0 Å². The molecule has 0 N–H and O–H groups in total. The van der Waals surface area contributed by atoms with E-state index in [2.05, 4.69) is 41.5 Å². The minimum atomic E-state index is 0.871. The number of hydrogen-bond acceptors (Lipinski definition) is 0. The fourth-order valence-corrected chi connectivity index (χ4v) is 2.72. The molecule has 1 unspecified atom stereocenters. The second kappa shape index (κ2) is 9.97. The van der Waals surface area contributed by atoms with Crippen LogP contribution < -0.4 is 0 Å². The van der Waals surface area contributed by atoms with E-state index in [0.717, 1.165) is 23.7 Å². The van der Waals surface area contributed by atoms with E-state index >= 15 is 0 Å². The molecule has 0 spiro atoms. The minimum Gasteiger partial charge on any atom is -0.0651 e. The summed E-state index contributed by atoms with van der Waals surface area (Å²) in [5.41, 5.74) is 0. The largest absolute Gasteiger partial charge is 0.0651 e. The van der Waals surface area contributed by atoms with Crippen LogP contribution in [-0.4, -0.2) is 0 Å². The van der Waals surface area contributed by atoms with Crippen molar-refractivity contribution >= 4 is 0 Å². The van der Waals surface area contributed by atoms with Gasteiger partial charge in [-0.2, -0.15) is 0 Å². The lowest BCUT2D eigenvalue weighted by atomic mass is 9.83. The second-order valence-corrected chi connectivity index (χ2v) is 6.59. The lowest BCUT2D eigenvalue weighted by molar-refractivity contribution is 0.292. The molecule has 0 heterocycles. The van der Waals surface area contributed by atoms with Crippen molar-refractivity contribution in [2.75, 3.05) is 0 Å². The van der Waals surface area contributed by atoms with Crippen LogP contribution in [0, 0.1) is 23.7 Å². The lowest BCUT2D eigenvalue weighted by Gasteiger charge is -2.22. The molecule has 17 heavy (non-hydrogen) atoms. The maximum atomic E-state index is 2.40. The molecule has 0 aliphatic heterocycles. The van der Waals surface area contributed by atoms with Gasteiger partial charge in [0.15, 0.2) is 0 Å². The quantitative estimate of drug-likeness (QED) is 0.420. The number of rotatable bonds is 10. The van der Waals surface area contributed by atoms with Crippen LogP contribution in [-0.2, 0) is 0 Å². The third kappa shape index (κ3) is 8.69. The highest BCUT2D eigenvalue weighted by Crippen LogP contribution is 2.27. The molecule has 0 heteroatoms. The van der Waals surface area contributed by atoms with Crippen LogP contribution >= 0.6 is 0 Å². The molecule has 104 valence electrons. The highest BCUT2D eigenvalue weighted by atomic mass is 14.2. The molecule has 0 aliphatic carbocycles. The Kier molecular flexibility index (Phi) is 9.97. The average Bonchev–Trinajstić information content (AvgIpc) is 2.27. The normalized spacial score (nSPS) is 13.9. The standard InChI is InChI=1S/C17H36/c1-7-16(8-2)10-9-11-17(15(5)6)13-12-14(3)4/h14-17H,7-13H2,1-6H3. The summed E-state index contributed by atoms with van der Waals surface area (Å²) in [5, 5.41) is 0. The molecule has 0 fully saturated rings. The van der Waals surface area contributed by atoms with Crippen molar-refractivity contribution in [3.63, 3.8) is 0 Å². The highest BCUT2D eigenvalue weighted by molar-refractivity contribution is 4.66. The van der Waals surface area contributed by atoms with Gasteiger partial charge < -0.3 is 0 Å². The van der Waals surface area contributed by atoms with Crippen molar-refractivity contribution in [3.8, 4) is 0 Å². The van der Waals surface area contributed by atoms with E-state index in [1.54, 1.807) is 0 Å². The molecule has 0 rings (SSSR count). The van der Waals surface area contributed by atoms with Gasteiger partial charge >= 0.3 is 0 Å². The Balaban J connectivity index is 3.84. The van der Waals surface area contributed by atoms with Crippen molar-refractivity contribution in [1.82, 2.24) is 0 Å². The molecule has 0 amide bonds. The first-order chi connectivity index (χ1) is 8.01. The maximum absolute atomic E-state index is 2.40. The zero-order valence-corrected chi connectivity index (χ0v) is 13.3. The van der Waals surface area contributed by atoms with E-state index in [0.29, 0.717) is 0 Å². The van der Waals surface area contributed by atoms with Gasteiger partial charge in [0.25, 0.3) is 0 Å². The van der Waals surface area contributed by atoms with Crippen LogP contribution in [0.3, 0.4) is 0 Å². The fourth-order valence-electron chi connectivity index (χ4n) is 2.72. The molecule has 0 aromatic rings. The summed E-state index contributed by atoms with van der Waals surface area (Å²) in [6.45, 7) is 14.2. The smallest absolute Gasteiger partial charge is 0.0391 e. The van der Waals surface area contributed by atoms with Gasteiger partial charge in [0.2, 0.25) is 0 Å². The summed E-state index contributed by atoms with van der Waals surface area (Å²) in [6, 6.07) is 0. The Labute approximate surface area is 111 Å². The van der Waals surface area contributed by atoms with Gasteiger partial charge in [-0.25, -0.2) is 0 Å². The van der Waals surface area contributed by atoms with E-state index in [1.807, 2.05) is 0 Å². The van der Waals surface area contributed by atoms with Crippen LogP contribution in [0.15, 0.2) is 0 Å². The van der Waals surface area contributed by atoms with E-state index < -0.39 is 0 Å². The van der Waals surface area contributed by atoms with Gasteiger partial charge in [-0.15, -0.1) is 0 Å². The molecular formula is C17H36. The third-order valence-corrected chi connectivity index (χ3v) is 4.40. The molecule has 1 atom stereocenters. The Morgan fingerprint density at radius 2 is 1.29 bits per heavy atom. The van der Waals surface area contributed by atoms with Gasteiger partial charge in [0, 0.05) is 0 Å². The molecule has 0 aliphatic rings. The highest BCUT2D eigenvalue weighted by Gasteiger charge is 2.14. The van der Waals surface area contributed by atoms with Crippen molar-refractivity contribution < 1.29 is 0 Å². The summed E-state index contributed by atoms with van der Waals surface area (Å²) in [4.78, 5) is 0. The van der Waals surface area contributed by atoms with E-state index in [-0.39, 0.29) is 0 Å². The zero-order valence-electron chi connectivity index (χ0n) is 13.3. The van der Waals surface area contributed by atoms with Crippen LogP contribution in [0.5, 0.6) is 0 Å². The topological polar surface area (TPSA) is 0 Å². The molecule has 0 saturated carbocycles. The lowest BCUT2D eigenvalue weighted by Crippen LogP contribution is -2.11. The maximum Gasteiger partial charge on any atom is -0.0391 e. The van der Waals surface area contributed by atoms with Gasteiger partial charge in [-0.05, 0) is 30.1 Å². The van der Waals surface area contributed by atoms with Gasteiger partial charge in [-0.1, -0.05) is 80.1 Å². The molecule has 0 aromatic heterocycles. The summed E-state index contributed by atoms with van der Waals surface area (Å²) in [6.07, 6.45) is 9.96. The van der Waals surface area contributed by atoms with E-state index in [1.165, 1.54) is 44.9 Å². The SMILES string of the molecule is CCC(CC)CCCC(CCC(C)C)C(C)C. The Bertz CT molecular complexity index is 153. The summed E-state index contributed by atoms with van der Waals surface area (Å²) >= 11 is 0. The van der Waals surface area contributed by atoms with Crippen LogP contribution in [0.2, 0.25) is 0 Å². The molecule has 0 nitrogen and oxygen atoms in total. The van der Waals surface area contributed by atoms with Crippen molar-refractivity contribution in [2.45, 2.75) is 86.5 Å². The predicted molar refractivity (Wildman–Crippen MR) is 80.3 cm³/mol. The van der Waals surface area contributed by atoms with Gasteiger partial charge in [-0.3, -0.25) is 0 Å². The van der Waals surface area contributed by atoms with Crippen LogP contribution in [0.4, 0.5) is 0 Å². The van der Waals surface area contributed by atoms with Crippen molar-refractivity contribution in [1.29, 1.82) is 0 Å². The van der Waals surface area contributed by atoms with Crippen LogP contribution in [0.25, 0.3) is 0 Å². The van der Waals surface area contributed by atoms with E-state index in [4.69, 9.17) is 0 Å². The summed E-state index contributed by atoms with van der Waals surface area (Å²) in [5.74, 6) is 3.69. The molecular weight excluding hydrogens is 204 g/mol. The van der Waals surface area contributed by atoms with Crippen molar-refractivity contribution in [2.24, 2.45) is 23.7 Å². The molecule has 0 radical (unpaired) electrons. The minimum absolute atomic E-state index is 0.871. The summed E-state index contributed by atoms with van der Waals surface area (Å²) < 4.78 is 0. The fraction of sp³-hybridized carbons (Fsp3) is 1.00. The third-order valence-electron chi connectivity index (χ3n) is 4.40. The van der Waals surface area contributed by atoms with Crippen molar-refractivity contribution in [3.05, 3.63) is 0 Å². The first-order valence-electron chi connectivity index (χ1n) is 8.01. The molecule has 0 aromatic carbocycles. The average molecular weight is 240 g/mol. The number of hydrogen-bond donors (Lipinski definition) is 0. The monoisotopic (exact) mass is 240 g/mol. The van der Waals surface area contributed by atoms with Gasteiger partial charge in [0.1, 0.15) is 0 Å². The first-order valence-corrected chi connectivity index (χ1v) is 8.01. The molecule has 0 bridgehead atoms. The predicted octanol–water partition coefficient (Wildman–Crippen LogP) is 6.30. The Morgan fingerprint density at radius 1 is 0.706 bits per heavy atom. The Morgan fingerprint density at radius 3 is 1.71 bits per heavy atom.